The lowest BCUT2D eigenvalue weighted by Gasteiger charge is -2.20. The van der Waals surface area contributed by atoms with Crippen molar-refractivity contribution in [2.75, 3.05) is 13.1 Å². The van der Waals surface area contributed by atoms with Gasteiger partial charge in [0.05, 0.1) is 0 Å². The second-order valence-corrected chi connectivity index (χ2v) is 4.93. The first-order valence-electron chi connectivity index (χ1n) is 6.54. The lowest BCUT2D eigenvalue weighted by atomic mass is 10.2. The summed E-state index contributed by atoms with van der Waals surface area (Å²) >= 11 is 0. The first kappa shape index (κ1) is 13.5. The van der Waals surface area contributed by atoms with Gasteiger partial charge in [-0.3, -0.25) is 14.6 Å². The number of carboxylic acid groups (broad SMARTS) is 1. The summed E-state index contributed by atoms with van der Waals surface area (Å²) in [4.78, 5) is 28.5. The quantitative estimate of drug-likeness (QED) is 0.805. The Morgan fingerprint density at radius 3 is 2.74 bits per heavy atom. The summed E-state index contributed by atoms with van der Waals surface area (Å²) in [5.41, 5.74) is 0.859. The van der Waals surface area contributed by atoms with E-state index < -0.39 is 5.97 Å². The molecule has 1 saturated carbocycles. The standard InChI is InChI=1S/C14H18N2O3/c17-13(7-6-12-3-1-2-8-15-12)16(10-14(18)19)9-11-4-5-11/h1-3,8,11H,4-7,9-10H2,(H,18,19). The largest absolute Gasteiger partial charge is 0.480 e. The van der Waals surface area contributed by atoms with Gasteiger partial charge in [0.2, 0.25) is 5.91 Å². The number of carbonyl (C=O) groups is 2. The minimum Gasteiger partial charge on any atom is -0.480 e. The van der Waals surface area contributed by atoms with Crippen LogP contribution < -0.4 is 0 Å². The molecule has 5 heteroatoms. The molecule has 0 aliphatic heterocycles. The minimum atomic E-state index is -0.952. The molecule has 2 rings (SSSR count). The molecule has 0 saturated heterocycles. The molecule has 0 atom stereocenters. The monoisotopic (exact) mass is 262 g/mol. The maximum absolute atomic E-state index is 12.1. The molecule has 0 bridgehead atoms. The van der Waals surface area contributed by atoms with E-state index in [0.29, 0.717) is 25.3 Å². The molecule has 1 aromatic rings. The summed E-state index contributed by atoms with van der Waals surface area (Å²) in [6.07, 6.45) is 4.77. The van der Waals surface area contributed by atoms with Crippen LogP contribution in [0.2, 0.25) is 0 Å². The van der Waals surface area contributed by atoms with Crippen molar-refractivity contribution in [3.63, 3.8) is 0 Å². The Labute approximate surface area is 112 Å². The van der Waals surface area contributed by atoms with E-state index >= 15 is 0 Å². The van der Waals surface area contributed by atoms with Gasteiger partial charge >= 0.3 is 5.97 Å². The van der Waals surface area contributed by atoms with Crippen molar-refractivity contribution in [1.82, 2.24) is 9.88 Å². The zero-order valence-corrected chi connectivity index (χ0v) is 10.8. The van der Waals surface area contributed by atoms with Gasteiger partial charge in [-0.25, -0.2) is 0 Å². The third-order valence-electron chi connectivity index (χ3n) is 3.18. The molecule has 1 fully saturated rings. The molecular formula is C14H18N2O3. The van der Waals surface area contributed by atoms with Crippen LogP contribution in [0.4, 0.5) is 0 Å². The molecule has 5 nitrogen and oxygen atoms in total. The average Bonchev–Trinajstić information content (AvgIpc) is 3.20. The smallest absolute Gasteiger partial charge is 0.323 e. The van der Waals surface area contributed by atoms with E-state index in [1.165, 1.54) is 4.90 Å². The lowest BCUT2D eigenvalue weighted by Crippen LogP contribution is -2.37. The number of amides is 1. The highest BCUT2D eigenvalue weighted by molar-refractivity contribution is 5.81. The van der Waals surface area contributed by atoms with Crippen LogP contribution in [0.5, 0.6) is 0 Å². The number of carboxylic acids is 1. The van der Waals surface area contributed by atoms with Crippen LogP contribution in [-0.4, -0.2) is 40.0 Å². The Bertz CT molecular complexity index is 443. The molecule has 0 aromatic carbocycles. The van der Waals surface area contributed by atoms with E-state index in [9.17, 15) is 9.59 Å². The van der Waals surface area contributed by atoms with Gasteiger partial charge in [0.25, 0.3) is 0 Å². The zero-order chi connectivity index (χ0) is 13.7. The minimum absolute atomic E-state index is 0.0973. The number of carbonyl (C=O) groups excluding carboxylic acids is 1. The highest BCUT2D eigenvalue weighted by atomic mass is 16.4. The van der Waals surface area contributed by atoms with Crippen LogP contribution in [0.3, 0.4) is 0 Å². The van der Waals surface area contributed by atoms with Crippen molar-refractivity contribution >= 4 is 11.9 Å². The predicted molar refractivity (Wildman–Crippen MR) is 69.5 cm³/mol. The van der Waals surface area contributed by atoms with E-state index in [1.807, 2.05) is 18.2 Å². The Hall–Kier alpha value is -1.91. The Morgan fingerprint density at radius 2 is 2.16 bits per heavy atom. The van der Waals surface area contributed by atoms with Crippen molar-refractivity contribution in [3.05, 3.63) is 30.1 Å². The molecule has 19 heavy (non-hydrogen) atoms. The molecule has 1 aliphatic carbocycles. The maximum Gasteiger partial charge on any atom is 0.323 e. The van der Waals surface area contributed by atoms with Crippen molar-refractivity contribution in [2.24, 2.45) is 5.92 Å². The Balaban J connectivity index is 1.85. The van der Waals surface area contributed by atoms with E-state index in [-0.39, 0.29) is 12.5 Å². The number of aromatic nitrogens is 1. The highest BCUT2D eigenvalue weighted by Gasteiger charge is 2.27. The maximum atomic E-state index is 12.1. The fourth-order valence-corrected chi connectivity index (χ4v) is 1.97. The number of aryl methyl sites for hydroxylation is 1. The fourth-order valence-electron chi connectivity index (χ4n) is 1.97. The molecule has 0 spiro atoms. The van der Waals surface area contributed by atoms with Gasteiger partial charge in [-0.2, -0.15) is 0 Å². The predicted octanol–water partition coefficient (Wildman–Crippen LogP) is 1.34. The number of hydrogen-bond donors (Lipinski definition) is 1. The third-order valence-corrected chi connectivity index (χ3v) is 3.18. The molecule has 102 valence electrons. The van der Waals surface area contributed by atoms with E-state index in [1.54, 1.807) is 6.20 Å². The average molecular weight is 262 g/mol. The van der Waals surface area contributed by atoms with Crippen LogP contribution in [0, 0.1) is 5.92 Å². The van der Waals surface area contributed by atoms with Gasteiger partial charge in [0.1, 0.15) is 6.54 Å². The normalized spacial score (nSPS) is 14.1. The summed E-state index contributed by atoms with van der Waals surface area (Å²) < 4.78 is 0. The van der Waals surface area contributed by atoms with Crippen molar-refractivity contribution < 1.29 is 14.7 Å². The Kier molecular flexibility index (Phi) is 4.49. The molecule has 0 radical (unpaired) electrons. The van der Waals surface area contributed by atoms with Gasteiger partial charge < -0.3 is 10.0 Å². The van der Waals surface area contributed by atoms with E-state index in [0.717, 1.165) is 18.5 Å². The molecule has 1 N–H and O–H groups in total. The fraction of sp³-hybridized carbons (Fsp3) is 0.500. The van der Waals surface area contributed by atoms with Gasteiger partial charge in [-0.05, 0) is 37.3 Å². The number of aliphatic carboxylic acids is 1. The second kappa shape index (κ2) is 6.31. The molecule has 1 aromatic heterocycles. The zero-order valence-electron chi connectivity index (χ0n) is 10.8. The summed E-state index contributed by atoms with van der Waals surface area (Å²) in [6, 6.07) is 5.58. The first-order valence-corrected chi connectivity index (χ1v) is 6.54. The van der Waals surface area contributed by atoms with Crippen LogP contribution >= 0.6 is 0 Å². The summed E-state index contributed by atoms with van der Waals surface area (Å²) in [5.74, 6) is -0.551. The summed E-state index contributed by atoms with van der Waals surface area (Å²) in [5, 5.41) is 8.85. The van der Waals surface area contributed by atoms with Crippen molar-refractivity contribution in [1.29, 1.82) is 0 Å². The first-order chi connectivity index (χ1) is 9.15. The SMILES string of the molecule is O=C(O)CN(CC1CC1)C(=O)CCc1ccccn1. The molecule has 0 unspecified atom stereocenters. The Morgan fingerprint density at radius 1 is 1.37 bits per heavy atom. The number of pyridine rings is 1. The van der Waals surface area contributed by atoms with Crippen molar-refractivity contribution in [3.8, 4) is 0 Å². The lowest BCUT2D eigenvalue weighted by molar-refractivity contribution is -0.144. The van der Waals surface area contributed by atoms with Crippen LogP contribution in [0.25, 0.3) is 0 Å². The van der Waals surface area contributed by atoms with Crippen LogP contribution in [-0.2, 0) is 16.0 Å². The number of hydrogen-bond acceptors (Lipinski definition) is 3. The van der Waals surface area contributed by atoms with Gasteiger partial charge in [-0.1, -0.05) is 6.07 Å². The van der Waals surface area contributed by atoms with Crippen LogP contribution in [0.1, 0.15) is 25.0 Å². The van der Waals surface area contributed by atoms with E-state index in [4.69, 9.17) is 5.11 Å². The van der Waals surface area contributed by atoms with Crippen LogP contribution in [0.15, 0.2) is 24.4 Å². The molecule has 1 heterocycles. The molecule has 1 aliphatic rings. The highest BCUT2D eigenvalue weighted by Crippen LogP contribution is 2.29. The number of rotatable bonds is 7. The topological polar surface area (TPSA) is 70.5 Å². The van der Waals surface area contributed by atoms with Crippen molar-refractivity contribution in [2.45, 2.75) is 25.7 Å². The summed E-state index contributed by atoms with van der Waals surface area (Å²) in [7, 11) is 0. The van der Waals surface area contributed by atoms with E-state index in [2.05, 4.69) is 4.98 Å². The molecular weight excluding hydrogens is 244 g/mol. The van der Waals surface area contributed by atoms with Gasteiger partial charge in [-0.15, -0.1) is 0 Å². The number of nitrogens with zero attached hydrogens (tertiary/aromatic N) is 2. The summed E-state index contributed by atoms with van der Waals surface area (Å²) in [6.45, 7) is 0.380. The molecule has 1 amide bonds. The van der Waals surface area contributed by atoms with Gasteiger partial charge in [0, 0.05) is 24.9 Å². The third kappa shape index (κ3) is 4.69. The second-order valence-electron chi connectivity index (χ2n) is 4.93. The van der Waals surface area contributed by atoms with Gasteiger partial charge in [0.15, 0.2) is 0 Å².